The molecule has 0 aliphatic heterocycles. The minimum absolute atomic E-state index is 0. The van der Waals surface area contributed by atoms with Gasteiger partial charge in [0, 0.05) is 6.42 Å². The van der Waals surface area contributed by atoms with E-state index in [0.29, 0.717) is 0 Å². The topological polar surface area (TPSA) is 16.6 Å². The van der Waals surface area contributed by atoms with Crippen molar-refractivity contribution in [3.63, 3.8) is 0 Å². The summed E-state index contributed by atoms with van der Waals surface area (Å²) < 4.78 is 0. The number of unbranched alkanes of at least 4 members (excludes halogenated alkanes) is 9. The lowest BCUT2D eigenvalue weighted by Crippen LogP contribution is -3.00. The lowest BCUT2D eigenvalue weighted by atomic mass is 10.0. The zero-order valence-electron chi connectivity index (χ0n) is 19.2. The second kappa shape index (κ2) is 18.5. The molecule has 2 aromatic rings. The van der Waals surface area contributed by atoms with E-state index < -0.39 is 0 Å². The summed E-state index contributed by atoms with van der Waals surface area (Å²) in [7, 11) is 0. The molecule has 168 valence electrons. The van der Waals surface area contributed by atoms with E-state index in [9.17, 15) is 0 Å². The van der Waals surface area contributed by atoms with E-state index in [0.717, 1.165) is 6.04 Å². The van der Waals surface area contributed by atoms with E-state index in [1.54, 1.807) is 0 Å². The Labute approximate surface area is 192 Å². The summed E-state index contributed by atoms with van der Waals surface area (Å²) in [6, 6.07) is 22.6. The fourth-order valence-electron chi connectivity index (χ4n) is 4.15. The van der Waals surface area contributed by atoms with Crippen LogP contribution >= 0.6 is 0 Å². The van der Waals surface area contributed by atoms with Crippen LogP contribution in [0, 0.1) is 0 Å². The van der Waals surface area contributed by atoms with Gasteiger partial charge in [0.05, 0.1) is 12.6 Å². The van der Waals surface area contributed by atoms with E-state index >= 15 is 0 Å². The smallest absolute Gasteiger partial charge is 0.0830 e. The van der Waals surface area contributed by atoms with Crippen LogP contribution in [-0.4, -0.2) is 12.6 Å². The number of rotatable bonds is 17. The van der Waals surface area contributed by atoms with Gasteiger partial charge in [-0.05, 0) is 43.7 Å². The van der Waals surface area contributed by atoms with Gasteiger partial charge in [-0.3, -0.25) is 0 Å². The molecule has 0 saturated heterocycles. The number of benzene rings is 2. The van der Waals surface area contributed by atoms with Gasteiger partial charge in [-0.15, -0.1) is 0 Å². The standard InChI is InChI=1S/C28H43N.ClH/c1-26(29-25-24-28-22-16-11-17-23-28)18-12-8-6-4-2-3-5-7-9-13-19-27-20-14-10-15-21-27;/h10-11,14-17,20-23,26,29H,2-9,12-13,18-19,24-25H2,1H3;1H. The Bertz CT molecular complexity index is 599. The molecule has 1 atom stereocenters. The van der Waals surface area contributed by atoms with E-state index in [-0.39, 0.29) is 12.4 Å². The fraction of sp³-hybridized carbons (Fsp3) is 0.571. The summed E-state index contributed by atoms with van der Waals surface area (Å²) >= 11 is 0. The average molecular weight is 430 g/mol. The Balaban J connectivity index is 0.00000450. The molecule has 2 rings (SSSR count). The molecule has 0 amide bonds. The second-order valence-corrected chi connectivity index (χ2v) is 8.80. The van der Waals surface area contributed by atoms with Crippen LogP contribution in [-0.2, 0) is 12.8 Å². The molecule has 0 fully saturated rings. The number of halogens is 1. The van der Waals surface area contributed by atoms with Crippen LogP contribution in [0.3, 0.4) is 0 Å². The van der Waals surface area contributed by atoms with Crippen molar-refractivity contribution in [2.45, 2.75) is 96.4 Å². The van der Waals surface area contributed by atoms with Crippen LogP contribution in [0.15, 0.2) is 60.7 Å². The molecule has 2 heteroatoms. The number of aryl methyl sites for hydroxylation is 1. The summed E-state index contributed by atoms with van der Waals surface area (Å²) in [5, 5.41) is 2.53. The largest absolute Gasteiger partial charge is 1.00 e. The lowest BCUT2D eigenvalue weighted by Gasteiger charge is -2.10. The molecular formula is C28H44ClN. The first-order valence-corrected chi connectivity index (χ1v) is 12.3. The molecule has 0 aliphatic carbocycles. The Morgan fingerprint density at radius 1 is 0.567 bits per heavy atom. The summed E-state index contributed by atoms with van der Waals surface area (Å²) in [6.07, 6.45) is 18.0. The van der Waals surface area contributed by atoms with Gasteiger partial charge >= 0.3 is 0 Å². The van der Waals surface area contributed by atoms with E-state index in [2.05, 4.69) is 72.9 Å². The highest BCUT2D eigenvalue weighted by Gasteiger charge is 2.04. The monoisotopic (exact) mass is 429 g/mol. The van der Waals surface area contributed by atoms with Gasteiger partial charge in [0.1, 0.15) is 0 Å². The van der Waals surface area contributed by atoms with E-state index in [1.165, 1.54) is 101 Å². The number of quaternary nitrogens is 1. The Morgan fingerprint density at radius 2 is 1.00 bits per heavy atom. The molecular weight excluding hydrogens is 386 g/mol. The van der Waals surface area contributed by atoms with Gasteiger partial charge in [-0.25, -0.2) is 0 Å². The Morgan fingerprint density at radius 3 is 1.53 bits per heavy atom. The van der Waals surface area contributed by atoms with Crippen LogP contribution in [0.1, 0.15) is 88.7 Å². The summed E-state index contributed by atoms with van der Waals surface area (Å²) in [4.78, 5) is 0. The first-order valence-electron chi connectivity index (χ1n) is 12.3. The fourth-order valence-corrected chi connectivity index (χ4v) is 4.15. The first kappa shape index (κ1) is 26.7. The molecule has 0 bridgehead atoms. The van der Waals surface area contributed by atoms with Gasteiger partial charge in [0.2, 0.25) is 0 Å². The average Bonchev–Trinajstić information content (AvgIpc) is 2.76. The summed E-state index contributed by atoms with van der Waals surface area (Å²) in [5.41, 5.74) is 2.96. The number of nitrogens with two attached hydrogens (primary N) is 1. The van der Waals surface area contributed by atoms with Crippen molar-refractivity contribution in [2.75, 3.05) is 6.54 Å². The molecule has 2 N–H and O–H groups in total. The molecule has 30 heavy (non-hydrogen) atoms. The highest BCUT2D eigenvalue weighted by Crippen LogP contribution is 2.13. The van der Waals surface area contributed by atoms with Crippen LogP contribution < -0.4 is 17.7 Å². The van der Waals surface area contributed by atoms with Crippen molar-refractivity contribution in [1.29, 1.82) is 0 Å². The van der Waals surface area contributed by atoms with Crippen molar-refractivity contribution in [2.24, 2.45) is 0 Å². The predicted octanol–water partition coefficient (Wildman–Crippen LogP) is 3.72. The highest BCUT2D eigenvalue weighted by atomic mass is 35.5. The maximum absolute atomic E-state index is 2.53. The number of hydrogen-bond donors (Lipinski definition) is 1. The van der Waals surface area contributed by atoms with Gasteiger partial charge < -0.3 is 17.7 Å². The Kier molecular flexibility index (Phi) is 16.4. The minimum atomic E-state index is 0. The highest BCUT2D eigenvalue weighted by molar-refractivity contribution is 5.15. The zero-order chi connectivity index (χ0) is 20.4. The molecule has 0 saturated carbocycles. The molecule has 0 heterocycles. The third-order valence-corrected chi connectivity index (χ3v) is 6.06. The van der Waals surface area contributed by atoms with E-state index in [1.807, 2.05) is 0 Å². The van der Waals surface area contributed by atoms with Crippen molar-refractivity contribution in [3.8, 4) is 0 Å². The normalized spacial score (nSPS) is 11.8. The quantitative estimate of drug-likeness (QED) is 0.369. The van der Waals surface area contributed by atoms with Crippen LogP contribution in [0.25, 0.3) is 0 Å². The molecule has 0 aromatic heterocycles. The zero-order valence-corrected chi connectivity index (χ0v) is 20.0. The predicted molar refractivity (Wildman–Crippen MR) is 127 cm³/mol. The maximum Gasteiger partial charge on any atom is 0.0830 e. The van der Waals surface area contributed by atoms with Crippen molar-refractivity contribution in [1.82, 2.24) is 0 Å². The van der Waals surface area contributed by atoms with Crippen molar-refractivity contribution >= 4 is 0 Å². The SMILES string of the molecule is CC(CCCCCCCCCCCCc1ccccc1)[NH2+]CCc1ccccc1.[Cl-]. The molecule has 0 radical (unpaired) electrons. The molecule has 2 aromatic carbocycles. The van der Waals surface area contributed by atoms with Gasteiger partial charge in [-0.1, -0.05) is 112 Å². The van der Waals surface area contributed by atoms with Gasteiger partial charge in [0.15, 0.2) is 0 Å². The maximum atomic E-state index is 2.53. The van der Waals surface area contributed by atoms with Crippen molar-refractivity contribution < 1.29 is 17.7 Å². The second-order valence-electron chi connectivity index (χ2n) is 8.80. The number of hydrogen-bond acceptors (Lipinski definition) is 0. The van der Waals surface area contributed by atoms with Crippen LogP contribution in [0.2, 0.25) is 0 Å². The van der Waals surface area contributed by atoms with Gasteiger partial charge in [0.25, 0.3) is 0 Å². The minimum Gasteiger partial charge on any atom is -1.00 e. The van der Waals surface area contributed by atoms with Crippen LogP contribution in [0.4, 0.5) is 0 Å². The third-order valence-electron chi connectivity index (χ3n) is 6.06. The lowest BCUT2D eigenvalue weighted by molar-refractivity contribution is -0.686. The third kappa shape index (κ3) is 13.8. The molecule has 0 spiro atoms. The molecule has 1 nitrogen and oxygen atoms in total. The Hall–Kier alpha value is -1.31. The van der Waals surface area contributed by atoms with Crippen LogP contribution in [0.5, 0.6) is 0 Å². The first-order chi connectivity index (χ1) is 14.3. The molecule has 1 unspecified atom stereocenters. The van der Waals surface area contributed by atoms with Gasteiger partial charge in [-0.2, -0.15) is 0 Å². The molecule has 0 aliphatic rings. The van der Waals surface area contributed by atoms with E-state index in [4.69, 9.17) is 0 Å². The summed E-state index contributed by atoms with van der Waals surface area (Å²) in [5.74, 6) is 0. The van der Waals surface area contributed by atoms with Crippen molar-refractivity contribution in [3.05, 3.63) is 71.8 Å². The summed E-state index contributed by atoms with van der Waals surface area (Å²) in [6.45, 7) is 3.61.